The van der Waals surface area contributed by atoms with Crippen LogP contribution in [0.1, 0.15) is 5.82 Å². The van der Waals surface area contributed by atoms with Crippen LogP contribution in [0.15, 0.2) is 36.2 Å². The first-order valence-corrected chi connectivity index (χ1v) is 5.67. The van der Waals surface area contributed by atoms with E-state index in [1.54, 1.807) is 0 Å². The predicted octanol–water partition coefficient (Wildman–Crippen LogP) is 2.30. The summed E-state index contributed by atoms with van der Waals surface area (Å²) in [5.41, 5.74) is -0.141. The third kappa shape index (κ3) is 2.24. The third-order valence-corrected chi connectivity index (χ3v) is 2.79. The van der Waals surface area contributed by atoms with Gasteiger partial charge in [0.15, 0.2) is 11.5 Å². The lowest BCUT2D eigenvalue weighted by Crippen LogP contribution is -2.21. The number of nitrogens with one attached hydrogen (secondary N) is 1. The van der Waals surface area contributed by atoms with Crippen LogP contribution in [-0.2, 0) is 0 Å². The lowest BCUT2D eigenvalue weighted by molar-refractivity contribution is -0.0886. The Morgan fingerprint density at radius 1 is 1.25 bits per heavy atom. The predicted molar refractivity (Wildman–Crippen MR) is 63.1 cm³/mol. The fourth-order valence-corrected chi connectivity index (χ4v) is 1.85. The summed E-state index contributed by atoms with van der Waals surface area (Å²) in [5, 5.41) is 6.51. The fourth-order valence-electron chi connectivity index (χ4n) is 1.85. The van der Waals surface area contributed by atoms with Crippen molar-refractivity contribution in [1.29, 1.82) is 0 Å². The minimum atomic E-state index is -4.44. The topological polar surface area (TPSA) is 42.2 Å². The summed E-state index contributed by atoms with van der Waals surface area (Å²) in [7, 11) is 0. The van der Waals surface area contributed by atoms with E-state index in [9.17, 15) is 17.6 Å². The van der Waals surface area contributed by atoms with E-state index >= 15 is 0 Å². The molecule has 0 saturated carbocycles. The van der Waals surface area contributed by atoms with E-state index in [2.05, 4.69) is 15.4 Å². The Morgan fingerprint density at radius 2 is 2.05 bits per heavy atom. The van der Waals surface area contributed by atoms with Crippen LogP contribution in [0.4, 0.5) is 17.6 Å². The minimum absolute atomic E-state index is 0.137. The monoisotopic (exact) mass is 284 g/mol. The van der Waals surface area contributed by atoms with E-state index in [1.165, 1.54) is 16.6 Å². The van der Waals surface area contributed by atoms with Gasteiger partial charge in [-0.2, -0.15) is 13.2 Å². The maximum absolute atomic E-state index is 13.0. The van der Waals surface area contributed by atoms with Crippen molar-refractivity contribution in [3.63, 3.8) is 0 Å². The molecule has 1 aliphatic heterocycles. The second kappa shape index (κ2) is 4.32. The number of halogens is 4. The summed E-state index contributed by atoms with van der Waals surface area (Å²) in [6.07, 6.45) is -1.44. The van der Waals surface area contributed by atoms with Gasteiger partial charge in [-0.15, -0.1) is 5.10 Å². The molecule has 0 aliphatic carbocycles. The van der Waals surface area contributed by atoms with Crippen LogP contribution < -0.4 is 5.32 Å². The zero-order valence-electron chi connectivity index (χ0n) is 9.95. The van der Waals surface area contributed by atoms with Crippen LogP contribution in [0.5, 0.6) is 0 Å². The second-order valence-electron chi connectivity index (χ2n) is 4.23. The van der Waals surface area contributed by atoms with Gasteiger partial charge in [0, 0.05) is 18.3 Å². The van der Waals surface area contributed by atoms with Gasteiger partial charge in [-0.3, -0.25) is 0 Å². The molecule has 3 rings (SSSR count). The molecular formula is C12H8F4N4. The van der Waals surface area contributed by atoms with Gasteiger partial charge in [0.25, 0.3) is 0 Å². The highest BCUT2D eigenvalue weighted by molar-refractivity contribution is 5.67. The van der Waals surface area contributed by atoms with Crippen molar-refractivity contribution in [1.82, 2.24) is 19.9 Å². The number of nitrogens with zero attached hydrogens (tertiary/aromatic N) is 3. The molecule has 0 fully saturated rings. The lowest BCUT2D eigenvalue weighted by atomic mass is 10.1. The molecule has 0 atom stereocenters. The van der Waals surface area contributed by atoms with Gasteiger partial charge in [0.05, 0.1) is 11.8 Å². The first-order chi connectivity index (χ1) is 9.43. The molecule has 0 unspecified atom stereocenters. The molecular weight excluding hydrogens is 276 g/mol. The number of pyridine rings is 1. The van der Waals surface area contributed by atoms with Gasteiger partial charge in [-0.1, -0.05) is 0 Å². The average molecular weight is 284 g/mol. The maximum atomic E-state index is 13.0. The van der Waals surface area contributed by atoms with Crippen LogP contribution in [0.25, 0.3) is 11.2 Å². The molecule has 0 amide bonds. The van der Waals surface area contributed by atoms with E-state index in [4.69, 9.17) is 0 Å². The summed E-state index contributed by atoms with van der Waals surface area (Å²) < 4.78 is 52.1. The van der Waals surface area contributed by atoms with Gasteiger partial charge in [-0.25, -0.2) is 13.9 Å². The number of aromatic nitrogens is 3. The standard InChI is InChI=1S/C12H8F4N4/c13-9-1-2-10-18-11(19-20(10)6-9)7-3-8(5-17-4-7)12(14,15)16/h1-3,5-6,17H,4H2. The first-order valence-electron chi connectivity index (χ1n) is 5.67. The molecule has 20 heavy (non-hydrogen) atoms. The van der Waals surface area contributed by atoms with E-state index in [-0.39, 0.29) is 12.4 Å². The van der Waals surface area contributed by atoms with Crippen molar-refractivity contribution in [3.05, 3.63) is 47.8 Å². The fraction of sp³-hybridized carbons (Fsp3) is 0.167. The van der Waals surface area contributed by atoms with E-state index in [1.807, 2.05) is 0 Å². The van der Waals surface area contributed by atoms with Crippen molar-refractivity contribution < 1.29 is 17.6 Å². The number of hydrogen-bond acceptors (Lipinski definition) is 3. The zero-order chi connectivity index (χ0) is 14.3. The molecule has 4 nitrogen and oxygen atoms in total. The highest BCUT2D eigenvalue weighted by atomic mass is 19.4. The highest BCUT2D eigenvalue weighted by Crippen LogP contribution is 2.30. The van der Waals surface area contributed by atoms with Gasteiger partial charge < -0.3 is 5.32 Å². The summed E-state index contributed by atoms with van der Waals surface area (Å²) in [4.78, 5) is 4.08. The highest BCUT2D eigenvalue weighted by Gasteiger charge is 2.34. The first kappa shape index (κ1) is 12.6. The molecule has 2 aromatic rings. The number of rotatable bonds is 1. The van der Waals surface area contributed by atoms with Crippen molar-refractivity contribution in [2.45, 2.75) is 6.18 Å². The molecule has 1 N–H and O–H groups in total. The number of dihydropyridines is 1. The third-order valence-electron chi connectivity index (χ3n) is 2.79. The SMILES string of the molecule is Fc1ccc2nc(C3=CC(C(F)(F)F)=CNC3)nn2c1. The summed E-state index contributed by atoms with van der Waals surface area (Å²) in [6.45, 7) is 0.180. The molecule has 1 aliphatic rings. The summed E-state index contributed by atoms with van der Waals surface area (Å²) >= 11 is 0. The summed E-state index contributed by atoms with van der Waals surface area (Å²) in [6, 6.07) is 2.62. The normalized spacial score (nSPS) is 15.8. The molecule has 3 heterocycles. The quantitative estimate of drug-likeness (QED) is 0.817. The molecule has 0 saturated heterocycles. The number of allylic oxidation sites excluding steroid dienone is 2. The molecule has 0 radical (unpaired) electrons. The van der Waals surface area contributed by atoms with Crippen LogP contribution in [0.2, 0.25) is 0 Å². The van der Waals surface area contributed by atoms with Gasteiger partial charge in [-0.05, 0) is 18.2 Å². The molecule has 8 heteroatoms. The van der Waals surface area contributed by atoms with Crippen LogP contribution >= 0.6 is 0 Å². The van der Waals surface area contributed by atoms with E-state index in [0.29, 0.717) is 11.2 Å². The summed E-state index contributed by atoms with van der Waals surface area (Å²) in [5.74, 6) is -0.362. The Bertz CT molecular complexity index is 727. The molecule has 2 aromatic heterocycles. The van der Waals surface area contributed by atoms with Crippen molar-refractivity contribution in [3.8, 4) is 0 Å². The Labute approximate surface area is 110 Å². The zero-order valence-corrected chi connectivity index (χ0v) is 9.95. The Morgan fingerprint density at radius 3 is 2.80 bits per heavy atom. The maximum Gasteiger partial charge on any atom is 0.417 e. The molecule has 0 aromatic carbocycles. The number of alkyl halides is 3. The van der Waals surface area contributed by atoms with E-state index < -0.39 is 17.6 Å². The minimum Gasteiger partial charge on any atom is -0.386 e. The van der Waals surface area contributed by atoms with Gasteiger partial charge in [0.2, 0.25) is 0 Å². The molecule has 104 valence electrons. The van der Waals surface area contributed by atoms with Crippen molar-refractivity contribution >= 4 is 11.2 Å². The molecule has 0 bridgehead atoms. The largest absolute Gasteiger partial charge is 0.417 e. The molecule has 0 spiro atoms. The van der Waals surface area contributed by atoms with Crippen LogP contribution in [0.3, 0.4) is 0 Å². The van der Waals surface area contributed by atoms with Crippen molar-refractivity contribution in [2.75, 3.05) is 6.54 Å². The van der Waals surface area contributed by atoms with Gasteiger partial charge in [0.1, 0.15) is 5.82 Å². The Balaban J connectivity index is 2.03. The second-order valence-corrected chi connectivity index (χ2v) is 4.23. The smallest absolute Gasteiger partial charge is 0.386 e. The Kier molecular flexibility index (Phi) is 2.73. The number of fused-ring (bicyclic) bond motifs is 1. The lowest BCUT2D eigenvalue weighted by Gasteiger charge is -2.15. The van der Waals surface area contributed by atoms with Crippen molar-refractivity contribution in [2.24, 2.45) is 0 Å². The van der Waals surface area contributed by atoms with E-state index in [0.717, 1.165) is 18.5 Å². The Hall–Kier alpha value is -2.38. The van der Waals surface area contributed by atoms with Crippen LogP contribution in [-0.4, -0.2) is 27.3 Å². The van der Waals surface area contributed by atoms with Gasteiger partial charge >= 0.3 is 6.18 Å². The van der Waals surface area contributed by atoms with Crippen LogP contribution in [0, 0.1) is 5.82 Å². The average Bonchev–Trinajstić information content (AvgIpc) is 2.81. The number of hydrogen-bond donors (Lipinski definition) is 1.